The average molecular weight is 375 g/mol. The summed E-state index contributed by atoms with van der Waals surface area (Å²) in [5.74, 6) is 0. The van der Waals surface area contributed by atoms with Crippen molar-refractivity contribution in [3.05, 3.63) is 84.6 Å². The Morgan fingerprint density at radius 1 is 0.852 bits per heavy atom. The number of hydrogen-bond acceptors (Lipinski definition) is 4. The van der Waals surface area contributed by atoms with Gasteiger partial charge < -0.3 is 0 Å². The normalized spacial score (nSPS) is 11.4. The number of aromatic nitrogens is 2. The van der Waals surface area contributed by atoms with Crippen LogP contribution in [0.15, 0.2) is 84.0 Å². The zero-order valence-corrected chi connectivity index (χ0v) is 15.4. The first-order chi connectivity index (χ1) is 13.0. The Morgan fingerprint density at radius 3 is 2.44 bits per heavy atom. The number of nitrogens with zero attached hydrogens (tertiary/aromatic N) is 2. The number of rotatable bonds is 4. The Balaban J connectivity index is 1.81. The lowest BCUT2D eigenvalue weighted by Gasteiger charge is -2.12. The SMILES string of the molecule is Cc1cccnc1S(=O)(=O)Nc1cccc2ccc(-c3ccccc3)nc12. The van der Waals surface area contributed by atoms with E-state index in [-0.39, 0.29) is 5.03 Å². The first-order valence-corrected chi connectivity index (χ1v) is 9.92. The van der Waals surface area contributed by atoms with Gasteiger partial charge in [-0.15, -0.1) is 0 Å². The monoisotopic (exact) mass is 375 g/mol. The summed E-state index contributed by atoms with van der Waals surface area (Å²) in [4.78, 5) is 8.72. The standard InChI is InChI=1S/C21H17N3O2S/c1-15-7-6-14-22-21(15)27(25,26)24-19-11-5-10-17-12-13-18(23-20(17)19)16-8-3-2-4-9-16/h2-14,24H,1H3. The van der Waals surface area contributed by atoms with E-state index in [0.29, 0.717) is 16.8 Å². The Morgan fingerprint density at radius 2 is 1.67 bits per heavy atom. The van der Waals surface area contributed by atoms with Gasteiger partial charge in [0.1, 0.15) is 0 Å². The zero-order chi connectivity index (χ0) is 18.9. The van der Waals surface area contributed by atoms with Crippen molar-refractivity contribution in [2.75, 3.05) is 4.72 Å². The molecule has 0 saturated heterocycles. The molecule has 0 unspecified atom stereocenters. The fourth-order valence-corrected chi connectivity index (χ4v) is 4.19. The van der Waals surface area contributed by atoms with Gasteiger partial charge in [0.2, 0.25) is 0 Å². The fraction of sp³-hybridized carbons (Fsp3) is 0.0476. The number of anilines is 1. The van der Waals surface area contributed by atoms with Crippen molar-refractivity contribution in [1.29, 1.82) is 0 Å². The van der Waals surface area contributed by atoms with Crippen molar-refractivity contribution < 1.29 is 8.42 Å². The van der Waals surface area contributed by atoms with Crippen LogP contribution in [0.5, 0.6) is 0 Å². The quantitative estimate of drug-likeness (QED) is 0.574. The van der Waals surface area contributed by atoms with Gasteiger partial charge in [0, 0.05) is 17.1 Å². The van der Waals surface area contributed by atoms with E-state index >= 15 is 0 Å². The van der Waals surface area contributed by atoms with Crippen LogP contribution < -0.4 is 4.72 Å². The van der Waals surface area contributed by atoms with Gasteiger partial charge in [-0.1, -0.05) is 54.6 Å². The topological polar surface area (TPSA) is 72.0 Å². The van der Waals surface area contributed by atoms with Crippen LogP contribution in [-0.4, -0.2) is 18.4 Å². The lowest BCUT2D eigenvalue weighted by Crippen LogP contribution is -2.16. The smallest absolute Gasteiger partial charge is 0.276 e. The molecule has 4 rings (SSSR count). The number of pyridine rings is 2. The van der Waals surface area contributed by atoms with Gasteiger partial charge in [-0.05, 0) is 30.7 Å². The maximum absolute atomic E-state index is 12.8. The highest BCUT2D eigenvalue weighted by atomic mass is 32.2. The van der Waals surface area contributed by atoms with Crippen LogP contribution >= 0.6 is 0 Å². The lowest BCUT2D eigenvalue weighted by molar-refractivity contribution is 0.597. The summed E-state index contributed by atoms with van der Waals surface area (Å²) < 4.78 is 28.3. The molecule has 6 heteroatoms. The molecule has 0 bridgehead atoms. The number of fused-ring (bicyclic) bond motifs is 1. The molecule has 134 valence electrons. The van der Waals surface area contributed by atoms with Gasteiger partial charge in [-0.3, -0.25) is 4.72 Å². The number of sulfonamides is 1. The van der Waals surface area contributed by atoms with E-state index in [0.717, 1.165) is 16.6 Å². The van der Waals surface area contributed by atoms with E-state index in [9.17, 15) is 8.42 Å². The van der Waals surface area contributed by atoms with E-state index in [4.69, 9.17) is 4.98 Å². The molecule has 2 heterocycles. The summed E-state index contributed by atoms with van der Waals surface area (Å²) in [6.45, 7) is 1.72. The Bertz CT molecular complexity index is 1220. The molecule has 0 fully saturated rings. The predicted molar refractivity (Wildman–Crippen MR) is 107 cm³/mol. The molecular formula is C21H17N3O2S. The molecule has 4 aromatic rings. The fourth-order valence-electron chi connectivity index (χ4n) is 2.94. The molecule has 2 aromatic heterocycles. The highest BCUT2D eigenvalue weighted by Crippen LogP contribution is 2.27. The molecule has 0 amide bonds. The van der Waals surface area contributed by atoms with Crippen molar-refractivity contribution in [2.45, 2.75) is 11.9 Å². The van der Waals surface area contributed by atoms with Crippen molar-refractivity contribution in [3.8, 4) is 11.3 Å². The number of aryl methyl sites for hydroxylation is 1. The van der Waals surface area contributed by atoms with Crippen LogP contribution in [0.25, 0.3) is 22.2 Å². The zero-order valence-electron chi connectivity index (χ0n) is 14.6. The van der Waals surface area contributed by atoms with E-state index < -0.39 is 10.0 Å². The molecule has 5 nitrogen and oxygen atoms in total. The van der Waals surface area contributed by atoms with Crippen LogP contribution in [-0.2, 0) is 10.0 Å². The molecular weight excluding hydrogens is 358 g/mol. The first kappa shape index (κ1) is 17.2. The predicted octanol–water partition coefficient (Wildman–Crippen LogP) is 4.41. The maximum Gasteiger partial charge on any atom is 0.279 e. The van der Waals surface area contributed by atoms with Gasteiger partial charge in [-0.2, -0.15) is 8.42 Å². The van der Waals surface area contributed by atoms with E-state index in [1.807, 2.05) is 48.5 Å². The summed E-state index contributed by atoms with van der Waals surface area (Å²) in [5, 5.41) is 0.869. The first-order valence-electron chi connectivity index (χ1n) is 8.44. The third-order valence-electron chi connectivity index (χ3n) is 4.25. The third-order valence-corrected chi connectivity index (χ3v) is 5.68. The second kappa shape index (κ2) is 6.81. The molecule has 0 radical (unpaired) electrons. The molecule has 27 heavy (non-hydrogen) atoms. The van der Waals surface area contributed by atoms with Gasteiger partial charge >= 0.3 is 0 Å². The number of benzene rings is 2. The minimum atomic E-state index is -3.81. The Kier molecular flexibility index (Phi) is 4.33. The van der Waals surface area contributed by atoms with Crippen LogP contribution in [0.2, 0.25) is 0 Å². The second-order valence-electron chi connectivity index (χ2n) is 6.17. The molecule has 0 spiro atoms. The summed E-state index contributed by atoms with van der Waals surface area (Å²) in [5.41, 5.74) is 3.36. The van der Waals surface area contributed by atoms with Crippen molar-refractivity contribution in [2.24, 2.45) is 0 Å². The Hall–Kier alpha value is -3.25. The van der Waals surface area contributed by atoms with Gasteiger partial charge in [-0.25, -0.2) is 9.97 Å². The van der Waals surface area contributed by atoms with Crippen LogP contribution in [0.1, 0.15) is 5.56 Å². The highest BCUT2D eigenvalue weighted by molar-refractivity contribution is 7.92. The summed E-state index contributed by atoms with van der Waals surface area (Å²) in [7, 11) is -3.81. The van der Waals surface area contributed by atoms with Gasteiger partial charge in [0.05, 0.1) is 16.9 Å². The van der Waals surface area contributed by atoms with Crippen molar-refractivity contribution in [3.63, 3.8) is 0 Å². The third kappa shape index (κ3) is 3.39. The number of para-hydroxylation sites is 1. The van der Waals surface area contributed by atoms with Crippen LogP contribution in [0.3, 0.4) is 0 Å². The molecule has 0 aliphatic rings. The molecule has 0 atom stereocenters. The Labute approximate surface area is 157 Å². The largest absolute Gasteiger partial charge is 0.279 e. The minimum Gasteiger partial charge on any atom is -0.276 e. The van der Waals surface area contributed by atoms with Crippen molar-refractivity contribution in [1.82, 2.24) is 9.97 Å². The second-order valence-corrected chi connectivity index (χ2v) is 7.77. The van der Waals surface area contributed by atoms with Gasteiger partial charge in [0.25, 0.3) is 10.0 Å². The summed E-state index contributed by atoms with van der Waals surface area (Å²) >= 11 is 0. The van der Waals surface area contributed by atoms with Crippen LogP contribution in [0.4, 0.5) is 5.69 Å². The molecule has 2 aromatic carbocycles. The van der Waals surface area contributed by atoms with E-state index in [1.54, 1.807) is 31.2 Å². The molecule has 0 aliphatic carbocycles. The van der Waals surface area contributed by atoms with E-state index in [1.165, 1.54) is 6.20 Å². The number of nitrogens with one attached hydrogen (secondary N) is 1. The minimum absolute atomic E-state index is 0.0150. The number of hydrogen-bond donors (Lipinski definition) is 1. The molecule has 0 saturated carbocycles. The molecule has 1 N–H and O–H groups in total. The van der Waals surface area contributed by atoms with Crippen LogP contribution in [0, 0.1) is 6.92 Å². The highest BCUT2D eigenvalue weighted by Gasteiger charge is 2.19. The van der Waals surface area contributed by atoms with Gasteiger partial charge in [0.15, 0.2) is 5.03 Å². The average Bonchev–Trinajstić information content (AvgIpc) is 2.68. The summed E-state index contributed by atoms with van der Waals surface area (Å²) in [6, 6.07) is 22.5. The van der Waals surface area contributed by atoms with E-state index in [2.05, 4.69) is 9.71 Å². The maximum atomic E-state index is 12.8. The lowest BCUT2D eigenvalue weighted by atomic mass is 10.1. The van der Waals surface area contributed by atoms with Crippen molar-refractivity contribution >= 4 is 26.6 Å². The summed E-state index contributed by atoms with van der Waals surface area (Å²) in [6.07, 6.45) is 1.47. The molecule has 0 aliphatic heterocycles.